The number of aromatic nitrogens is 6. The molecule has 0 radical (unpaired) electrons. The van der Waals surface area contributed by atoms with Crippen LogP contribution in [-0.2, 0) is 5.75 Å². The van der Waals surface area contributed by atoms with Crippen molar-refractivity contribution in [1.29, 1.82) is 0 Å². The van der Waals surface area contributed by atoms with Gasteiger partial charge < -0.3 is 4.52 Å². The Bertz CT molecular complexity index is 992. The molecule has 9 heteroatoms. The second-order valence-electron chi connectivity index (χ2n) is 5.40. The molecule has 0 fully saturated rings. The van der Waals surface area contributed by atoms with E-state index in [2.05, 4.69) is 45.6 Å². The second-order valence-corrected chi connectivity index (χ2v) is 7.13. The summed E-state index contributed by atoms with van der Waals surface area (Å²) in [5, 5.41) is 20.7. The highest BCUT2D eigenvalue weighted by molar-refractivity contribution is 7.98. The fraction of sp³-hybridized carbons (Fsp3) is 0.188. The van der Waals surface area contributed by atoms with Crippen molar-refractivity contribution >= 4 is 23.1 Å². The summed E-state index contributed by atoms with van der Waals surface area (Å²) >= 11 is 3.06. The topological polar surface area (TPSA) is 82.5 Å². The Balaban J connectivity index is 1.53. The Morgan fingerprint density at radius 1 is 1.24 bits per heavy atom. The van der Waals surface area contributed by atoms with E-state index in [1.165, 1.54) is 17.3 Å². The maximum absolute atomic E-state index is 5.32. The highest BCUT2D eigenvalue weighted by Gasteiger charge is 2.15. The Hall–Kier alpha value is -2.52. The van der Waals surface area contributed by atoms with Gasteiger partial charge in [0.25, 0.3) is 0 Å². The second kappa shape index (κ2) is 6.77. The van der Waals surface area contributed by atoms with Gasteiger partial charge in [0.15, 0.2) is 0 Å². The van der Waals surface area contributed by atoms with Gasteiger partial charge in [0.2, 0.25) is 16.9 Å². The standard InChI is InChI=1S/C16H14N6OS2/c1-10-4-3-5-13(11(10)2)22-16(18-20-21-22)25-9-14-17-15(19-23-14)12-6-7-24-8-12/h3-8H,9H2,1-2H3. The third-order valence-electron chi connectivity index (χ3n) is 3.82. The summed E-state index contributed by atoms with van der Waals surface area (Å²) in [4.78, 5) is 4.42. The van der Waals surface area contributed by atoms with Crippen LogP contribution in [-0.4, -0.2) is 30.3 Å². The van der Waals surface area contributed by atoms with Crippen LogP contribution in [0.1, 0.15) is 17.0 Å². The summed E-state index contributed by atoms with van der Waals surface area (Å²) in [5.74, 6) is 1.65. The molecule has 4 rings (SSSR count). The van der Waals surface area contributed by atoms with Crippen molar-refractivity contribution in [3.8, 4) is 17.1 Å². The lowest BCUT2D eigenvalue weighted by atomic mass is 10.1. The molecule has 0 aliphatic rings. The maximum atomic E-state index is 5.32. The Morgan fingerprint density at radius 3 is 3.00 bits per heavy atom. The van der Waals surface area contributed by atoms with Gasteiger partial charge in [-0.15, -0.1) is 5.10 Å². The van der Waals surface area contributed by atoms with Gasteiger partial charge in [-0.05, 0) is 52.9 Å². The molecule has 0 spiro atoms. The summed E-state index contributed by atoms with van der Waals surface area (Å²) in [7, 11) is 0. The Kier molecular flexibility index (Phi) is 4.33. The van der Waals surface area contributed by atoms with E-state index in [0.29, 0.717) is 22.6 Å². The first-order valence-corrected chi connectivity index (χ1v) is 9.48. The van der Waals surface area contributed by atoms with Gasteiger partial charge in [-0.3, -0.25) is 0 Å². The molecule has 1 aromatic carbocycles. The molecule has 7 nitrogen and oxygen atoms in total. The molecule has 0 saturated carbocycles. The number of thioether (sulfide) groups is 1. The Labute approximate surface area is 152 Å². The molecule has 0 aliphatic heterocycles. The predicted octanol–water partition coefficient (Wildman–Crippen LogP) is 3.68. The number of hydrogen-bond acceptors (Lipinski definition) is 8. The van der Waals surface area contributed by atoms with Crippen LogP contribution < -0.4 is 0 Å². The minimum absolute atomic E-state index is 0.502. The SMILES string of the molecule is Cc1cccc(-n2nnnc2SCc2nc(-c3ccsc3)no2)c1C. The minimum atomic E-state index is 0.502. The fourth-order valence-corrected chi connectivity index (χ4v) is 3.69. The molecule has 4 aromatic rings. The number of benzene rings is 1. The third kappa shape index (κ3) is 3.20. The van der Waals surface area contributed by atoms with Crippen LogP contribution in [0.15, 0.2) is 44.7 Å². The van der Waals surface area contributed by atoms with Crippen molar-refractivity contribution < 1.29 is 4.52 Å². The van der Waals surface area contributed by atoms with Crippen molar-refractivity contribution in [1.82, 2.24) is 30.3 Å². The molecule has 25 heavy (non-hydrogen) atoms. The average Bonchev–Trinajstić information content (AvgIpc) is 3.36. The Morgan fingerprint density at radius 2 is 2.16 bits per heavy atom. The van der Waals surface area contributed by atoms with Crippen molar-refractivity contribution in [3.63, 3.8) is 0 Å². The van der Waals surface area contributed by atoms with Crippen molar-refractivity contribution in [2.24, 2.45) is 0 Å². The summed E-state index contributed by atoms with van der Waals surface area (Å²) in [6.07, 6.45) is 0. The lowest BCUT2D eigenvalue weighted by Gasteiger charge is -2.08. The van der Waals surface area contributed by atoms with Crippen LogP contribution in [0.25, 0.3) is 17.1 Å². The van der Waals surface area contributed by atoms with E-state index in [1.54, 1.807) is 16.0 Å². The zero-order chi connectivity index (χ0) is 17.2. The normalized spacial score (nSPS) is 11.1. The molecular weight excluding hydrogens is 356 g/mol. The van der Waals surface area contributed by atoms with Crippen LogP contribution in [0.3, 0.4) is 0 Å². The van der Waals surface area contributed by atoms with Crippen LogP contribution >= 0.6 is 23.1 Å². The predicted molar refractivity (Wildman–Crippen MR) is 95.8 cm³/mol. The summed E-state index contributed by atoms with van der Waals surface area (Å²) in [6, 6.07) is 8.04. The fourth-order valence-electron chi connectivity index (χ4n) is 2.33. The highest BCUT2D eigenvalue weighted by Crippen LogP contribution is 2.26. The lowest BCUT2D eigenvalue weighted by molar-refractivity contribution is 0.391. The van der Waals surface area contributed by atoms with E-state index in [1.807, 2.05) is 29.0 Å². The number of aryl methyl sites for hydroxylation is 1. The minimum Gasteiger partial charge on any atom is -0.338 e. The zero-order valence-electron chi connectivity index (χ0n) is 13.6. The van der Waals surface area contributed by atoms with E-state index in [0.717, 1.165) is 16.8 Å². The van der Waals surface area contributed by atoms with Crippen LogP contribution in [0.2, 0.25) is 0 Å². The largest absolute Gasteiger partial charge is 0.338 e. The van der Waals surface area contributed by atoms with E-state index in [9.17, 15) is 0 Å². The molecule has 126 valence electrons. The number of hydrogen-bond donors (Lipinski definition) is 0. The first kappa shape index (κ1) is 16.0. The smallest absolute Gasteiger partial charge is 0.237 e. The number of tetrazole rings is 1. The molecule has 0 atom stereocenters. The van der Waals surface area contributed by atoms with Gasteiger partial charge in [0.1, 0.15) is 0 Å². The zero-order valence-corrected chi connectivity index (χ0v) is 15.2. The summed E-state index contributed by atoms with van der Waals surface area (Å²) in [6.45, 7) is 4.13. The maximum Gasteiger partial charge on any atom is 0.237 e. The molecule has 0 aliphatic carbocycles. The molecule has 3 heterocycles. The van der Waals surface area contributed by atoms with Crippen LogP contribution in [0.5, 0.6) is 0 Å². The van der Waals surface area contributed by atoms with E-state index in [4.69, 9.17) is 4.52 Å². The first-order valence-electron chi connectivity index (χ1n) is 7.55. The van der Waals surface area contributed by atoms with Crippen LogP contribution in [0, 0.1) is 13.8 Å². The van der Waals surface area contributed by atoms with E-state index >= 15 is 0 Å². The van der Waals surface area contributed by atoms with Crippen LogP contribution in [0.4, 0.5) is 0 Å². The molecule has 0 unspecified atom stereocenters. The average molecular weight is 370 g/mol. The van der Waals surface area contributed by atoms with Gasteiger partial charge in [-0.25, -0.2) is 0 Å². The van der Waals surface area contributed by atoms with Crippen molar-refractivity contribution in [2.75, 3.05) is 0 Å². The van der Waals surface area contributed by atoms with Gasteiger partial charge in [-0.1, -0.05) is 29.1 Å². The monoisotopic (exact) mass is 370 g/mol. The number of thiophene rings is 1. The molecule has 3 aromatic heterocycles. The quantitative estimate of drug-likeness (QED) is 0.496. The number of nitrogens with zero attached hydrogens (tertiary/aromatic N) is 6. The third-order valence-corrected chi connectivity index (χ3v) is 5.40. The van der Waals surface area contributed by atoms with Gasteiger partial charge in [-0.2, -0.15) is 21.0 Å². The highest BCUT2D eigenvalue weighted by atomic mass is 32.2. The van der Waals surface area contributed by atoms with E-state index in [-0.39, 0.29) is 0 Å². The lowest BCUT2D eigenvalue weighted by Crippen LogP contribution is -2.02. The molecule has 0 N–H and O–H groups in total. The number of rotatable bonds is 5. The van der Waals surface area contributed by atoms with Gasteiger partial charge in [0, 0.05) is 10.9 Å². The van der Waals surface area contributed by atoms with E-state index < -0.39 is 0 Å². The van der Waals surface area contributed by atoms with Crippen molar-refractivity contribution in [3.05, 3.63) is 52.0 Å². The molecule has 0 amide bonds. The van der Waals surface area contributed by atoms with Gasteiger partial charge in [0.05, 0.1) is 11.4 Å². The first-order chi connectivity index (χ1) is 12.2. The summed E-state index contributed by atoms with van der Waals surface area (Å²) < 4.78 is 7.06. The molecule has 0 bridgehead atoms. The summed E-state index contributed by atoms with van der Waals surface area (Å²) in [5.41, 5.74) is 4.28. The van der Waals surface area contributed by atoms with Crippen molar-refractivity contribution in [2.45, 2.75) is 24.8 Å². The molecular formula is C16H14N6OS2. The molecule has 0 saturated heterocycles. The van der Waals surface area contributed by atoms with Gasteiger partial charge >= 0.3 is 0 Å².